The molecule has 0 saturated carbocycles. The normalized spacial score (nSPS) is 25.0. The zero-order chi connectivity index (χ0) is 33.3. The smallest absolute Gasteiger partial charge is 0.449 e. The summed E-state index contributed by atoms with van der Waals surface area (Å²) < 4.78 is 57.2. The minimum atomic E-state index is -4.34. The van der Waals surface area contributed by atoms with Crippen molar-refractivity contribution in [3.63, 3.8) is 0 Å². The monoisotopic (exact) mass is 656 g/mol. The van der Waals surface area contributed by atoms with Gasteiger partial charge in [-0.1, -0.05) is 61.3 Å². The quantitative estimate of drug-likeness (QED) is 0.255. The predicted molar refractivity (Wildman–Crippen MR) is 159 cm³/mol. The lowest BCUT2D eigenvalue weighted by atomic mass is 9.78. The SMILES string of the molecule is CCCCCOC(=O)Nc1ncn(C2OC(COP3(=O)OCc4c(F)c(C(C)(C)C)cc(C(C)(C)C)c4O3)[C@@H](O)[C@H]2O)c(=O)n1. The number of aromatic nitrogens is 3. The number of benzene rings is 1. The summed E-state index contributed by atoms with van der Waals surface area (Å²) in [4.78, 5) is 32.1. The van der Waals surface area contributed by atoms with E-state index in [0.717, 1.165) is 23.7 Å². The summed E-state index contributed by atoms with van der Waals surface area (Å²) in [5.74, 6) is -0.777. The Kier molecular flexibility index (Phi) is 10.4. The fraction of sp³-hybridized carbons (Fsp3) is 0.655. The van der Waals surface area contributed by atoms with Gasteiger partial charge in [-0.3, -0.25) is 18.9 Å². The number of rotatable bonds is 9. The number of phosphoric ester groups is 1. The zero-order valence-electron chi connectivity index (χ0n) is 26.5. The summed E-state index contributed by atoms with van der Waals surface area (Å²) >= 11 is 0. The van der Waals surface area contributed by atoms with Crippen molar-refractivity contribution < 1.29 is 47.0 Å². The van der Waals surface area contributed by atoms with E-state index in [1.54, 1.807) is 6.07 Å². The highest BCUT2D eigenvalue weighted by Gasteiger charge is 2.47. The van der Waals surface area contributed by atoms with E-state index in [1.807, 2.05) is 48.5 Å². The summed E-state index contributed by atoms with van der Waals surface area (Å²) in [7, 11) is -4.34. The summed E-state index contributed by atoms with van der Waals surface area (Å²) in [6.07, 6.45) is -3.26. The molecule has 250 valence electrons. The molecular weight excluding hydrogens is 614 g/mol. The van der Waals surface area contributed by atoms with Crippen LogP contribution in [0.5, 0.6) is 5.75 Å². The molecule has 45 heavy (non-hydrogen) atoms. The first kappa shape index (κ1) is 34.9. The van der Waals surface area contributed by atoms with Crippen molar-refractivity contribution in [2.24, 2.45) is 0 Å². The number of ether oxygens (including phenoxy) is 2. The highest BCUT2D eigenvalue weighted by Crippen LogP contribution is 2.58. The lowest BCUT2D eigenvalue weighted by Crippen LogP contribution is -2.36. The van der Waals surface area contributed by atoms with E-state index in [2.05, 4.69) is 15.3 Å². The lowest BCUT2D eigenvalue weighted by Gasteiger charge is -2.33. The maximum atomic E-state index is 15.6. The topological polar surface area (TPSA) is 181 Å². The van der Waals surface area contributed by atoms with Gasteiger partial charge >= 0.3 is 19.6 Å². The number of fused-ring (bicyclic) bond motifs is 1. The molecule has 0 radical (unpaired) electrons. The number of unbranched alkanes of at least 4 members (excludes halogenated alkanes) is 2. The van der Waals surface area contributed by atoms with Crippen LogP contribution in [-0.4, -0.2) is 62.4 Å². The third-order valence-electron chi connectivity index (χ3n) is 7.42. The maximum Gasteiger partial charge on any atom is 0.530 e. The van der Waals surface area contributed by atoms with Crippen LogP contribution in [0, 0.1) is 5.82 Å². The number of anilines is 1. The van der Waals surface area contributed by atoms with Gasteiger partial charge < -0.3 is 24.2 Å². The molecule has 14 nitrogen and oxygen atoms in total. The third-order valence-corrected chi connectivity index (χ3v) is 8.74. The Bertz CT molecular complexity index is 1510. The highest BCUT2D eigenvalue weighted by molar-refractivity contribution is 7.49. The summed E-state index contributed by atoms with van der Waals surface area (Å²) in [6.45, 7) is 12.6. The number of nitrogens with one attached hydrogen (secondary N) is 1. The van der Waals surface area contributed by atoms with E-state index >= 15 is 4.39 Å². The average molecular weight is 657 g/mol. The first-order valence-corrected chi connectivity index (χ1v) is 16.3. The van der Waals surface area contributed by atoms with E-state index in [9.17, 15) is 24.4 Å². The lowest BCUT2D eigenvalue weighted by molar-refractivity contribution is -0.0559. The van der Waals surface area contributed by atoms with Crippen LogP contribution in [0.3, 0.4) is 0 Å². The molecule has 4 rings (SSSR count). The van der Waals surface area contributed by atoms with Gasteiger partial charge in [-0.15, -0.1) is 0 Å². The van der Waals surface area contributed by atoms with Gasteiger partial charge in [-0.05, 0) is 28.9 Å². The first-order chi connectivity index (χ1) is 20.9. The van der Waals surface area contributed by atoms with Crippen molar-refractivity contribution in [1.82, 2.24) is 14.5 Å². The van der Waals surface area contributed by atoms with Gasteiger partial charge in [0.2, 0.25) is 5.95 Å². The van der Waals surface area contributed by atoms with Crippen LogP contribution < -0.4 is 15.5 Å². The minimum absolute atomic E-state index is 0.0654. The highest BCUT2D eigenvalue weighted by atomic mass is 31.2. The van der Waals surface area contributed by atoms with Gasteiger partial charge in [-0.25, -0.2) is 23.5 Å². The number of hydrogen-bond donors (Lipinski definition) is 3. The molecule has 1 aromatic carbocycles. The molecule has 2 aliphatic rings. The molecule has 2 aromatic rings. The van der Waals surface area contributed by atoms with Gasteiger partial charge in [0.05, 0.1) is 25.4 Å². The number of hydrogen-bond acceptors (Lipinski definition) is 12. The van der Waals surface area contributed by atoms with Gasteiger partial charge in [0, 0.05) is 5.56 Å². The fourth-order valence-electron chi connectivity index (χ4n) is 4.86. The van der Waals surface area contributed by atoms with Crippen molar-refractivity contribution in [3.05, 3.63) is 45.4 Å². The fourth-order valence-corrected chi connectivity index (χ4v) is 6.09. The standard InChI is InChI=1S/C29H42FN4O10P/c1-8-9-10-11-40-27(38)33-25-31-15-34(26(37)32-25)24-22(36)21(35)19(43-24)14-42-45(39)41-13-16-20(30)17(28(2,3)4)12-18(23(16)44-45)29(5,6)7/h12,15,19,21-22,24,35-36H,8-11,13-14H2,1-7H3,(H,32,33,37,38)/t19?,21-,22-,24?,45?/m1/s1. The van der Waals surface area contributed by atoms with Crippen molar-refractivity contribution >= 4 is 19.9 Å². The van der Waals surface area contributed by atoms with Crippen molar-refractivity contribution in [3.8, 4) is 5.75 Å². The molecule has 16 heteroatoms. The molecule has 3 N–H and O–H groups in total. The summed E-state index contributed by atoms with van der Waals surface area (Å²) in [5.41, 5.74) is -0.782. The first-order valence-electron chi connectivity index (χ1n) is 14.8. The van der Waals surface area contributed by atoms with E-state index < -0.39 is 67.4 Å². The molecule has 5 atom stereocenters. The molecule has 0 bridgehead atoms. The molecule has 3 heterocycles. The van der Waals surface area contributed by atoms with E-state index in [1.165, 1.54) is 0 Å². The predicted octanol–water partition coefficient (Wildman–Crippen LogP) is 4.46. The Hall–Kier alpha value is -2.94. The Morgan fingerprint density at radius 2 is 1.84 bits per heavy atom. The van der Waals surface area contributed by atoms with Crippen LogP contribution in [0.2, 0.25) is 0 Å². The van der Waals surface area contributed by atoms with Crippen LogP contribution in [0.15, 0.2) is 17.2 Å². The molecule has 1 aromatic heterocycles. The molecule has 0 aliphatic carbocycles. The van der Waals surface area contributed by atoms with Crippen molar-refractivity contribution in [1.29, 1.82) is 0 Å². The minimum Gasteiger partial charge on any atom is -0.449 e. The van der Waals surface area contributed by atoms with Crippen LogP contribution >= 0.6 is 7.82 Å². The van der Waals surface area contributed by atoms with Gasteiger partial charge in [0.25, 0.3) is 0 Å². The second-order valence-electron chi connectivity index (χ2n) is 13.1. The Balaban J connectivity index is 1.45. The Morgan fingerprint density at radius 3 is 2.47 bits per heavy atom. The van der Waals surface area contributed by atoms with Crippen molar-refractivity contribution in [2.45, 2.75) is 110 Å². The number of aliphatic hydroxyl groups is 2. The number of halogens is 1. The van der Waals surface area contributed by atoms with Crippen LogP contribution in [0.1, 0.15) is 90.6 Å². The van der Waals surface area contributed by atoms with Gasteiger partial charge in [0.15, 0.2) is 6.23 Å². The second kappa shape index (κ2) is 13.4. The zero-order valence-corrected chi connectivity index (χ0v) is 27.4. The molecule has 3 unspecified atom stereocenters. The molecule has 0 spiro atoms. The average Bonchev–Trinajstić information content (AvgIpc) is 3.21. The van der Waals surface area contributed by atoms with Crippen LogP contribution in [0.25, 0.3) is 0 Å². The molecule has 1 amide bonds. The molecule has 2 aliphatic heterocycles. The van der Waals surface area contributed by atoms with E-state index in [4.69, 9.17) is 23.0 Å². The summed E-state index contributed by atoms with van der Waals surface area (Å²) in [5, 5.41) is 23.5. The second-order valence-corrected chi connectivity index (χ2v) is 14.7. The Labute approximate surface area is 260 Å². The molecule has 1 saturated heterocycles. The van der Waals surface area contributed by atoms with Crippen LogP contribution in [0.4, 0.5) is 15.1 Å². The largest absolute Gasteiger partial charge is 0.530 e. The maximum absolute atomic E-state index is 15.6. The Morgan fingerprint density at radius 1 is 1.16 bits per heavy atom. The van der Waals surface area contributed by atoms with Crippen LogP contribution in [-0.2, 0) is 40.5 Å². The number of phosphoric acid groups is 1. The van der Waals surface area contributed by atoms with E-state index in [0.29, 0.717) is 17.5 Å². The number of aliphatic hydroxyl groups excluding tert-OH is 2. The van der Waals surface area contributed by atoms with Crippen molar-refractivity contribution in [2.75, 3.05) is 18.5 Å². The number of carbonyl (C=O) groups is 1. The third kappa shape index (κ3) is 7.90. The van der Waals surface area contributed by atoms with Gasteiger partial charge in [0.1, 0.15) is 36.2 Å². The number of nitrogens with zero attached hydrogens (tertiary/aromatic N) is 3. The summed E-state index contributed by atoms with van der Waals surface area (Å²) in [6, 6.07) is 1.70. The van der Waals surface area contributed by atoms with Gasteiger partial charge in [-0.2, -0.15) is 4.98 Å². The number of amides is 1. The molecule has 1 fully saturated rings. The molecular formula is C29H42FN4O10P. The van der Waals surface area contributed by atoms with E-state index in [-0.39, 0.29) is 30.5 Å². The number of carbonyl (C=O) groups excluding carboxylic acids is 1.